The summed E-state index contributed by atoms with van der Waals surface area (Å²) in [5.41, 5.74) is 0.447. The van der Waals surface area contributed by atoms with E-state index in [-0.39, 0.29) is 5.78 Å². The van der Waals surface area contributed by atoms with Crippen LogP contribution in [0.25, 0.3) is 0 Å². The van der Waals surface area contributed by atoms with Gasteiger partial charge in [0.1, 0.15) is 6.10 Å². The summed E-state index contributed by atoms with van der Waals surface area (Å²) in [4.78, 5) is 14.8. The molecule has 1 unspecified atom stereocenters. The molecule has 0 bridgehead atoms. The molecule has 0 aliphatic heterocycles. The maximum atomic E-state index is 11.1. The van der Waals surface area contributed by atoms with Gasteiger partial charge in [-0.25, -0.2) is 0 Å². The van der Waals surface area contributed by atoms with E-state index in [2.05, 4.69) is 4.98 Å². The summed E-state index contributed by atoms with van der Waals surface area (Å²) >= 11 is 0. The first kappa shape index (κ1) is 7.88. The summed E-state index contributed by atoms with van der Waals surface area (Å²) in [6.07, 6.45) is 2.08. The number of aliphatic hydroxyl groups is 1. The fourth-order valence-electron chi connectivity index (χ4n) is 0.750. The van der Waals surface area contributed by atoms with Gasteiger partial charge >= 0.3 is 0 Å². The lowest BCUT2D eigenvalue weighted by atomic mass is 10.1. The zero-order valence-electron chi connectivity index (χ0n) is 6.19. The molecule has 0 saturated heterocycles. The quantitative estimate of drug-likeness (QED) is 0.631. The van der Waals surface area contributed by atoms with Gasteiger partial charge < -0.3 is 5.11 Å². The van der Waals surface area contributed by atoms with Crippen LogP contribution in [0, 0.1) is 0 Å². The normalized spacial score (nSPS) is 12.5. The van der Waals surface area contributed by atoms with Crippen LogP contribution in [0.2, 0.25) is 0 Å². The van der Waals surface area contributed by atoms with Gasteiger partial charge in [0.15, 0.2) is 5.78 Å². The monoisotopic (exact) mass is 151 g/mol. The molecular weight excluding hydrogens is 142 g/mol. The van der Waals surface area contributed by atoms with Gasteiger partial charge in [0.05, 0.1) is 0 Å². The summed E-state index contributed by atoms with van der Waals surface area (Å²) in [5, 5.41) is 8.90. The van der Waals surface area contributed by atoms with Crippen LogP contribution in [0.1, 0.15) is 17.3 Å². The van der Waals surface area contributed by atoms with Crippen molar-refractivity contribution >= 4 is 5.78 Å². The third-order valence-corrected chi connectivity index (χ3v) is 1.33. The standard InChI is InChI=1S/C8H9NO2/c1-6(10)8(11)7-3-2-4-9-5-7/h2-6,10H,1H3. The fraction of sp³-hybridized carbons (Fsp3) is 0.250. The van der Waals surface area contributed by atoms with E-state index >= 15 is 0 Å². The van der Waals surface area contributed by atoms with E-state index in [0.717, 1.165) is 0 Å². The Hall–Kier alpha value is -1.22. The van der Waals surface area contributed by atoms with Crippen molar-refractivity contribution in [3.63, 3.8) is 0 Å². The van der Waals surface area contributed by atoms with Crippen molar-refractivity contribution in [3.05, 3.63) is 30.1 Å². The maximum absolute atomic E-state index is 11.1. The molecule has 0 spiro atoms. The van der Waals surface area contributed by atoms with Gasteiger partial charge in [-0.2, -0.15) is 0 Å². The number of ketones is 1. The number of nitrogens with zero attached hydrogens (tertiary/aromatic N) is 1. The van der Waals surface area contributed by atoms with Gasteiger partial charge in [0.25, 0.3) is 0 Å². The minimum absolute atomic E-state index is 0.293. The Morgan fingerprint density at radius 2 is 2.45 bits per heavy atom. The summed E-state index contributed by atoms with van der Waals surface area (Å²) < 4.78 is 0. The SMILES string of the molecule is CC(O)C(=O)c1cccnc1. The first-order valence-electron chi connectivity index (χ1n) is 3.34. The number of aliphatic hydroxyl groups excluding tert-OH is 1. The molecule has 0 saturated carbocycles. The number of pyridine rings is 1. The molecule has 58 valence electrons. The molecule has 1 rings (SSSR count). The Morgan fingerprint density at radius 1 is 1.73 bits per heavy atom. The summed E-state index contributed by atoms with van der Waals surface area (Å²) in [7, 11) is 0. The second kappa shape index (κ2) is 3.25. The van der Waals surface area contributed by atoms with Crippen molar-refractivity contribution in [2.24, 2.45) is 0 Å². The number of Topliss-reactive ketones (excluding diaryl/α,β-unsaturated/α-hetero) is 1. The summed E-state index contributed by atoms with van der Waals surface area (Å²) in [6.45, 7) is 1.44. The minimum Gasteiger partial charge on any atom is -0.385 e. The number of hydrogen-bond donors (Lipinski definition) is 1. The topological polar surface area (TPSA) is 50.2 Å². The molecular formula is C8H9NO2. The zero-order valence-corrected chi connectivity index (χ0v) is 6.19. The molecule has 1 aromatic rings. The molecule has 0 aliphatic rings. The van der Waals surface area contributed by atoms with Gasteiger partial charge in [-0.1, -0.05) is 0 Å². The largest absolute Gasteiger partial charge is 0.385 e. The van der Waals surface area contributed by atoms with Gasteiger partial charge in [-0.3, -0.25) is 9.78 Å². The first-order valence-corrected chi connectivity index (χ1v) is 3.34. The van der Waals surface area contributed by atoms with E-state index in [0.29, 0.717) is 5.56 Å². The smallest absolute Gasteiger partial charge is 0.192 e. The average molecular weight is 151 g/mol. The molecule has 0 amide bonds. The van der Waals surface area contributed by atoms with Crippen molar-refractivity contribution < 1.29 is 9.90 Å². The van der Waals surface area contributed by atoms with Crippen LogP contribution in [0.4, 0.5) is 0 Å². The summed E-state index contributed by atoms with van der Waals surface area (Å²) in [6, 6.07) is 3.29. The van der Waals surface area contributed by atoms with Crippen LogP contribution >= 0.6 is 0 Å². The van der Waals surface area contributed by atoms with E-state index in [4.69, 9.17) is 5.11 Å². The van der Waals surface area contributed by atoms with Crippen molar-refractivity contribution in [1.29, 1.82) is 0 Å². The van der Waals surface area contributed by atoms with E-state index in [9.17, 15) is 4.79 Å². The third-order valence-electron chi connectivity index (χ3n) is 1.33. The minimum atomic E-state index is -0.945. The highest BCUT2D eigenvalue weighted by Gasteiger charge is 2.10. The Bertz CT molecular complexity index is 244. The molecule has 11 heavy (non-hydrogen) atoms. The molecule has 3 heteroatoms. The lowest BCUT2D eigenvalue weighted by Gasteiger charge is -2.00. The molecule has 0 radical (unpaired) electrons. The van der Waals surface area contributed by atoms with Gasteiger partial charge in [-0.05, 0) is 19.1 Å². The van der Waals surface area contributed by atoms with Crippen LogP contribution in [-0.2, 0) is 0 Å². The van der Waals surface area contributed by atoms with Gasteiger partial charge in [0, 0.05) is 18.0 Å². The fourth-order valence-corrected chi connectivity index (χ4v) is 0.750. The van der Waals surface area contributed by atoms with Gasteiger partial charge in [0.2, 0.25) is 0 Å². The van der Waals surface area contributed by atoms with Crippen LogP contribution in [-0.4, -0.2) is 22.0 Å². The van der Waals surface area contributed by atoms with Crippen molar-refractivity contribution in [3.8, 4) is 0 Å². The number of rotatable bonds is 2. The third kappa shape index (κ3) is 1.85. The predicted molar refractivity (Wildman–Crippen MR) is 40.2 cm³/mol. The van der Waals surface area contributed by atoms with E-state index in [1.807, 2.05) is 0 Å². The molecule has 3 nitrogen and oxygen atoms in total. The Kier molecular flexibility index (Phi) is 2.33. The predicted octanol–water partition coefficient (Wildman–Crippen LogP) is 0.645. The Balaban J connectivity index is 2.86. The molecule has 0 aromatic carbocycles. The van der Waals surface area contributed by atoms with Crippen LogP contribution in [0.3, 0.4) is 0 Å². The number of carbonyl (C=O) groups is 1. The number of hydrogen-bond acceptors (Lipinski definition) is 3. The lowest BCUT2D eigenvalue weighted by molar-refractivity contribution is 0.0779. The highest BCUT2D eigenvalue weighted by atomic mass is 16.3. The van der Waals surface area contributed by atoms with Crippen LogP contribution < -0.4 is 0 Å². The highest BCUT2D eigenvalue weighted by molar-refractivity contribution is 5.98. The number of carbonyl (C=O) groups excluding carboxylic acids is 1. The van der Waals surface area contributed by atoms with E-state index < -0.39 is 6.10 Å². The van der Waals surface area contributed by atoms with E-state index in [1.54, 1.807) is 18.3 Å². The van der Waals surface area contributed by atoms with Crippen LogP contribution in [0.5, 0.6) is 0 Å². The molecule has 1 N–H and O–H groups in total. The average Bonchev–Trinajstić information content (AvgIpc) is 2.05. The molecule has 1 atom stereocenters. The van der Waals surface area contributed by atoms with E-state index in [1.165, 1.54) is 13.1 Å². The van der Waals surface area contributed by atoms with Crippen molar-refractivity contribution in [1.82, 2.24) is 4.98 Å². The van der Waals surface area contributed by atoms with Crippen molar-refractivity contribution in [2.75, 3.05) is 0 Å². The van der Waals surface area contributed by atoms with Crippen molar-refractivity contribution in [2.45, 2.75) is 13.0 Å². The Morgan fingerprint density at radius 3 is 2.91 bits per heavy atom. The highest BCUT2D eigenvalue weighted by Crippen LogP contribution is 2.00. The maximum Gasteiger partial charge on any atom is 0.192 e. The second-order valence-electron chi connectivity index (χ2n) is 2.28. The molecule has 0 aliphatic carbocycles. The molecule has 0 fully saturated rings. The lowest BCUT2D eigenvalue weighted by Crippen LogP contribution is -2.15. The Labute approximate surface area is 64.7 Å². The zero-order chi connectivity index (χ0) is 8.27. The van der Waals surface area contributed by atoms with Crippen LogP contribution in [0.15, 0.2) is 24.5 Å². The molecule has 1 heterocycles. The second-order valence-corrected chi connectivity index (χ2v) is 2.28. The summed E-state index contributed by atoms with van der Waals surface area (Å²) in [5.74, 6) is -0.293. The molecule has 1 aromatic heterocycles. The number of aromatic nitrogens is 1. The first-order chi connectivity index (χ1) is 5.22. The van der Waals surface area contributed by atoms with Gasteiger partial charge in [-0.15, -0.1) is 0 Å².